The minimum atomic E-state index is 0.377. The first-order valence-electron chi connectivity index (χ1n) is 5.00. The van der Waals surface area contributed by atoms with E-state index in [1.165, 1.54) is 19.1 Å². The molecule has 0 radical (unpaired) electrons. The normalized spacial score (nSPS) is 19.8. The molecule has 0 fully saturated rings. The Bertz CT molecular complexity index is 498. The van der Waals surface area contributed by atoms with Gasteiger partial charge in [0, 0.05) is 20.8 Å². The Morgan fingerprint density at radius 2 is 2.25 bits per heavy atom. The Morgan fingerprint density at radius 3 is 3.00 bits per heavy atom. The topological polar surface area (TPSA) is 12.0 Å². The van der Waals surface area contributed by atoms with Gasteiger partial charge in [-0.15, -0.1) is 22.7 Å². The largest absolute Gasteiger partial charge is 0.305 e. The fourth-order valence-electron chi connectivity index (χ4n) is 2.01. The van der Waals surface area contributed by atoms with Gasteiger partial charge in [0.1, 0.15) is 0 Å². The van der Waals surface area contributed by atoms with E-state index in [4.69, 9.17) is 0 Å². The van der Waals surface area contributed by atoms with E-state index in [1.807, 2.05) is 11.3 Å². The van der Waals surface area contributed by atoms with Crippen LogP contribution in [0.15, 0.2) is 25.8 Å². The maximum absolute atomic E-state index is 3.59. The number of hydrogen-bond donors (Lipinski definition) is 1. The molecule has 0 saturated heterocycles. The summed E-state index contributed by atoms with van der Waals surface area (Å²) in [5.41, 5.74) is 1.46. The van der Waals surface area contributed by atoms with Gasteiger partial charge in [0.15, 0.2) is 0 Å². The smallest absolute Gasteiger partial charge is 0.0843 e. The second-order valence-corrected chi connectivity index (χ2v) is 7.96. The van der Waals surface area contributed by atoms with Crippen molar-refractivity contribution in [1.82, 2.24) is 5.32 Å². The van der Waals surface area contributed by atoms with Crippen LogP contribution < -0.4 is 5.32 Å². The zero-order chi connectivity index (χ0) is 11.1. The third-order valence-electron chi connectivity index (χ3n) is 2.74. The Kier molecular flexibility index (Phi) is 3.23. The van der Waals surface area contributed by atoms with Crippen molar-refractivity contribution in [3.05, 3.63) is 41.1 Å². The molecule has 0 saturated carbocycles. The predicted octanol–water partition coefficient (Wildman–Crippen LogP) is 4.57. The van der Waals surface area contributed by atoms with Crippen molar-refractivity contribution in [3.8, 4) is 0 Å². The lowest BCUT2D eigenvalue weighted by Crippen LogP contribution is -2.28. The van der Waals surface area contributed by atoms with Gasteiger partial charge in [-0.05, 0) is 61.4 Å². The third-order valence-corrected chi connectivity index (χ3v) is 7.06. The second-order valence-electron chi connectivity index (χ2n) is 3.71. The van der Waals surface area contributed by atoms with E-state index < -0.39 is 0 Å². The number of fused-ring (bicyclic) bond motifs is 1. The average Bonchev–Trinajstić information content (AvgIpc) is 2.85. The molecule has 1 N–H and O–H groups in total. The monoisotopic (exact) mass is 377 g/mol. The van der Waals surface area contributed by atoms with Crippen LogP contribution in [0.25, 0.3) is 0 Å². The van der Waals surface area contributed by atoms with E-state index in [9.17, 15) is 0 Å². The molecule has 16 heavy (non-hydrogen) atoms. The molecule has 1 nitrogen and oxygen atoms in total. The lowest BCUT2D eigenvalue weighted by molar-refractivity contribution is 0.582. The molecule has 0 aliphatic carbocycles. The Hall–Kier alpha value is 0.320. The fourth-order valence-corrected chi connectivity index (χ4v) is 5.12. The van der Waals surface area contributed by atoms with E-state index in [2.05, 4.69) is 54.7 Å². The predicted molar refractivity (Wildman–Crippen MR) is 77.6 cm³/mol. The van der Waals surface area contributed by atoms with Gasteiger partial charge in [0.05, 0.1) is 9.83 Å². The molecule has 3 heterocycles. The van der Waals surface area contributed by atoms with Crippen molar-refractivity contribution < 1.29 is 0 Å². The Morgan fingerprint density at radius 1 is 1.38 bits per heavy atom. The summed E-state index contributed by atoms with van der Waals surface area (Å²) in [5.74, 6) is 0. The van der Waals surface area contributed by atoms with E-state index in [0.29, 0.717) is 6.04 Å². The average molecular weight is 379 g/mol. The molecule has 1 unspecified atom stereocenters. The molecule has 1 atom stereocenters. The SMILES string of the molecule is Brc1cc(C2NCCc3sccc32)sc1Br. The van der Waals surface area contributed by atoms with Crippen LogP contribution in [0.5, 0.6) is 0 Å². The number of rotatable bonds is 1. The van der Waals surface area contributed by atoms with Crippen LogP contribution in [0, 0.1) is 0 Å². The minimum absolute atomic E-state index is 0.377. The molecule has 1 aliphatic rings. The molecule has 3 rings (SSSR count). The molecule has 1 aliphatic heterocycles. The first-order chi connectivity index (χ1) is 7.75. The highest BCUT2D eigenvalue weighted by atomic mass is 79.9. The number of hydrogen-bond acceptors (Lipinski definition) is 3. The molecule has 84 valence electrons. The summed E-state index contributed by atoms with van der Waals surface area (Å²) in [6.45, 7) is 1.07. The highest BCUT2D eigenvalue weighted by Gasteiger charge is 2.24. The lowest BCUT2D eigenvalue weighted by Gasteiger charge is -2.23. The maximum Gasteiger partial charge on any atom is 0.0843 e. The van der Waals surface area contributed by atoms with Crippen LogP contribution in [0.4, 0.5) is 0 Å². The van der Waals surface area contributed by atoms with Crippen LogP contribution in [0.2, 0.25) is 0 Å². The van der Waals surface area contributed by atoms with Crippen LogP contribution in [-0.2, 0) is 6.42 Å². The zero-order valence-corrected chi connectivity index (χ0v) is 13.1. The first-order valence-corrected chi connectivity index (χ1v) is 8.28. The summed E-state index contributed by atoms with van der Waals surface area (Å²) in [4.78, 5) is 2.91. The summed E-state index contributed by atoms with van der Waals surface area (Å²) < 4.78 is 2.32. The molecular formula is C11H9Br2NS2. The Labute approximate surface area is 119 Å². The van der Waals surface area contributed by atoms with Crippen molar-refractivity contribution >= 4 is 54.5 Å². The number of halogens is 2. The molecule has 0 spiro atoms. The van der Waals surface area contributed by atoms with E-state index in [-0.39, 0.29) is 0 Å². The second kappa shape index (κ2) is 4.53. The molecule has 2 aromatic rings. The van der Waals surface area contributed by atoms with Crippen molar-refractivity contribution in [2.45, 2.75) is 12.5 Å². The van der Waals surface area contributed by atoms with Gasteiger partial charge in [-0.2, -0.15) is 0 Å². The molecule has 2 aromatic heterocycles. The minimum Gasteiger partial charge on any atom is -0.305 e. The van der Waals surface area contributed by atoms with Crippen molar-refractivity contribution in [3.63, 3.8) is 0 Å². The highest BCUT2D eigenvalue weighted by Crippen LogP contribution is 2.40. The molecule has 0 amide bonds. The van der Waals surface area contributed by atoms with E-state index in [1.54, 1.807) is 11.3 Å². The van der Waals surface area contributed by atoms with Gasteiger partial charge >= 0.3 is 0 Å². The molecular weight excluding hydrogens is 370 g/mol. The van der Waals surface area contributed by atoms with Gasteiger partial charge in [0.2, 0.25) is 0 Å². The van der Waals surface area contributed by atoms with Crippen molar-refractivity contribution in [2.75, 3.05) is 6.54 Å². The molecule has 0 aromatic carbocycles. The number of thiophene rings is 2. The summed E-state index contributed by atoms with van der Waals surface area (Å²) in [6.07, 6.45) is 1.16. The van der Waals surface area contributed by atoms with Crippen LogP contribution in [0.1, 0.15) is 21.4 Å². The van der Waals surface area contributed by atoms with Crippen molar-refractivity contribution in [2.24, 2.45) is 0 Å². The standard InChI is InChI=1S/C11H9Br2NS2/c12-7-5-9(16-11(7)13)10-6-2-4-15-8(6)1-3-14-10/h2,4-5,10,14H,1,3H2. The lowest BCUT2D eigenvalue weighted by atomic mass is 10.0. The van der Waals surface area contributed by atoms with Gasteiger partial charge < -0.3 is 5.32 Å². The fraction of sp³-hybridized carbons (Fsp3) is 0.273. The zero-order valence-electron chi connectivity index (χ0n) is 8.30. The van der Waals surface area contributed by atoms with Gasteiger partial charge in [-0.25, -0.2) is 0 Å². The van der Waals surface area contributed by atoms with Gasteiger partial charge in [-0.3, -0.25) is 0 Å². The Balaban J connectivity index is 2.03. The van der Waals surface area contributed by atoms with E-state index in [0.717, 1.165) is 17.4 Å². The molecule has 5 heteroatoms. The summed E-state index contributed by atoms with van der Waals surface area (Å²) in [7, 11) is 0. The third kappa shape index (κ3) is 1.93. The van der Waals surface area contributed by atoms with Crippen LogP contribution in [0.3, 0.4) is 0 Å². The summed E-state index contributed by atoms with van der Waals surface area (Å²) in [6, 6.07) is 4.83. The quantitative estimate of drug-likeness (QED) is 0.766. The van der Waals surface area contributed by atoms with Gasteiger partial charge in [0.25, 0.3) is 0 Å². The van der Waals surface area contributed by atoms with Crippen molar-refractivity contribution in [1.29, 1.82) is 0 Å². The van der Waals surface area contributed by atoms with Gasteiger partial charge in [-0.1, -0.05) is 0 Å². The highest BCUT2D eigenvalue weighted by molar-refractivity contribution is 9.13. The maximum atomic E-state index is 3.59. The van der Waals surface area contributed by atoms with Crippen LogP contribution >= 0.6 is 54.5 Å². The van der Waals surface area contributed by atoms with Crippen LogP contribution in [-0.4, -0.2) is 6.54 Å². The molecule has 0 bridgehead atoms. The first kappa shape index (κ1) is 11.4. The summed E-state index contributed by atoms with van der Waals surface area (Å²) in [5, 5.41) is 5.79. The number of nitrogens with one attached hydrogen (secondary N) is 1. The van der Waals surface area contributed by atoms with E-state index >= 15 is 0 Å². The summed E-state index contributed by atoms with van der Waals surface area (Å²) >= 11 is 10.8.